The molecule has 58 valence electrons. The Morgan fingerprint density at radius 2 is 2.36 bits per heavy atom. The minimum atomic E-state index is -2.83. The summed E-state index contributed by atoms with van der Waals surface area (Å²) in [5, 5.41) is 0. The summed E-state index contributed by atoms with van der Waals surface area (Å²) in [5.74, 6) is -1.10. The van der Waals surface area contributed by atoms with Crippen LogP contribution in [0, 0.1) is 6.85 Å². The third-order valence-corrected chi connectivity index (χ3v) is 1.08. The van der Waals surface area contributed by atoms with Gasteiger partial charge in [0.25, 0.3) is 0 Å². The topological polar surface area (TPSA) is 26.3 Å². The number of carbonyl (C=O) groups excluding carboxylic acids is 1. The van der Waals surface area contributed by atoms with Crippen molar-refractivity contribution in [3.8, 4) is 0 Å². The summed E-state index contributed by atoms with van der Waals surface area (Å²) in [6, 6.07) is -2.84. The third kappa shape index (κ3) is 1.58. The summed E-state index contributed by atoms with van der Waals surface area (Å²) in [4.78, 5) is 11.5. The van der Waals surface area contributed by atoms with E-state index in [0.29, 0.717) is 0 Å². The highest BCUT2D eigenvalue weighted by atomic mass is 16.5. The number of carbonyl (C=O) groups is 1. The monoisotopic (exact) mass is 157 g/mol. The molecule has 0 aliphatic carbocycles. The van der Waals surface area contributed by atoms with E-state index in [-0.39, 0.29) is 0 Å². The van der Waals surface area contributed by atoms with E-state index in [2.05, 4.69) is 4.74 Å². The largest absolute Gasteiger partial charge is 0.465 e. The molecule has 0 bridgehead atoms. The van der Waals surface area contributed by atoms with Crippen LogP contribution in [0.5, 0.6) is 0 Å². The van der Waals surface area contributed by atoms with Crippen molar-refractivity contribution < 1.29 is 19.1 Å². The van der Waals surface area contributed by atoms with E-state index in [1.165, 1.54) is 0 Å². The molecule has 0 N–H and O–H groups in total. The second-order valence-electron chi connectivity index (χ2n) is 1.74. The molecule has 0 saturated carbocycles. The molecule has 11 heavy (non-hydrogen) atoms. The van der Waals surface area contributed by atoms with Crippen LogP contribution in [-0.4, -0.2) is 13.1 Å². The van der Waals surface area contributed by atoms with Crippen LogP contribution in [0.3, 0.4) is 0 Å². The highest BCUT2D eigenvalue weighted by molar-refractivity contribution is 5.90. The first kappa shape index (κ1) is 2.63. The lowest BCUT2D eigenvalue weighted by Crippen LogP contribution is -2.02. The Morgan fingerprint density at radius 3 is 3.00 bits per heavy atom. The van der Waals surface area contributed by atoms with Crippen LogP contribution in [0.4, 0.5) is 0 Å². The summed E-state index contributed by atoms with van der Waals surface area (Å²) < 4.78 is 56.1. The fraction of sp³-hybridized carbons (Fsp3) is 0.222. The van der Waals surface area contributed by atoms with E-state index >= 15 is 0 Å². The maximum atomic E-state index is 11.5. The molecule has 0 heterocycles. The van der Waals surface area contributed by atoms with Gasteiger partial charge in [-0.3, -0.25) is 0 Å². The van der Waals surface area contributed by atoms with Crippen molar-refractivity contribution in [2.45, 2.75) is 6.85 Å². The molecular weight excluding hydrogens is 140 g/mol. The van der Waals surface area contributed by atoms with Crippen LogP contribution in [0.25, 0.3) is 0 Å². The van der Waals surface area contributed by atoms with Crippen molar-refractivity contribution in [1.82, 2.24) is 0 Å². The molecule has 1 aromatic carbocycles. The highest BCUT2D eigenvalue weighted by Gasteiger charge is 2.05. The maximum absolute atomic E-state index is 11.5. The van der Waals surface area contributed by atoms with Crippen LogP contribution in [0.15, 0.2) is 24.2 Å². The molecule has 0 amide bonds. The number of rotatable bonds is 1. The quantitative estimate of drug-likeness (QED) is 0.581. The van der Waals surface area contributed by atoms with Crippen LogP contribution in [0.1, 0.15) is 25.5 Å². The lowest BCUT2D eigenvalue weighted by atomic mass is 10.1. The summed E-state index contributed by atoms with van der Waals surface area (Å²) >= 11 is 0. The van der Waals surface area contributed by atoms with E-state index in [9.17, 15) is 4.79 Å². The van der Waals surface area contributed by atoms with Gasteiger partial charge in [-0.1, -0.05) is 18.1 Å². The van der Waals surface area contributed by atoms with Crippen LogP contribution in [0.2, 0.25) is 0 Å². The smallest absolute Gasteiger partial charge is 0.338 e. The van der Waals surface area contributed by atoms with Gasteiger partial charge in [0.05, 0.1) is 18.2 Å². The van der Waals surface area contributed by atoms with Gasteiger partial charge < -0.3 is 4.74 Å². The predicted octanol–water partition coefficient (Wildman–Crippen LogP) is 1.78. The Balaban J connectivity index is 3.82. The Hall–Kier alpha value is -1.31. The van der Waals surface area contributed by atoms with Crippen LogP contribution >= 0.6 is 0 Å². The zero-order valence-corrected chi connectivity index (χ0v) is 5.82. The highest BCUT2D eigenvalue weighted by Crippen LogP contribution is 2.07. The van der Waals surface area contributed by atoms with E-state index in [4.69, 9.17) is 9.60 Å². The van der Waals surface area contributed by atoms with Gasteiger partial charge in [0.2, 0.25) is 0 Å². The Morgan fingerprint density at radius 1 is 1.64 bits per heavy atom. The lowest BCUT2D eigenvalue weighted by molar-refractivity contribution is 0.0600. The minimum Gasteiger partial charge on any atom is -0.465 e. The zero-order valence-electron chi connectivity index (χ0n) is 12.8. The molecule has 0 radical (unpaired) electrons. The van der Waals surface area contributed by atoms with Gasteiger partial charge in [-0.2, -0.15) is 0 Å². The molecule has 0 spiro atoms. The maximum Gasteiger partial charge on any atom is 0.338 e. The molecule has 0 saturated heterocycles. The number of methoxy groups -OCH3 is 1. The van der Waals surface area contributed by atoms with Crippen molar-refractivity contribution in [1.29, 1.82) is 0 Å². The molecule has 0 aliphatic heterocycles. The van der Waals surface area contributed by atoms with Crippen molar-refractivity contribution in [2.24, 2.45) is 0 Å². The summed E-state index contributed by atoms with van der Waals surface area (Å²) in [7, 11) is 1.01. The molecule has 0 atom stereocenters. The average Bonchev–Trinajstić information content (AvgIpc) is 2.28. The van der Waals surface area contributed by atoms with Crippen molar-refractivity contribution >= 4 is 5.97 Å². The molecule has 0 fully saturated rings. The van der Waals surface area contributed by atoms with Crippen molar-refractivity contribution in [2.75, 3.05) is 7.11 Å². The number of esters is 1. The number of benzene rings is 1. The number of hydrogen-bond donors (Lipinski definition) is 0. The first-order valence-electron chi connectivity index (χ1n) is 6.32. The van der Waals surface area contributed by atoms with E-state index in [1.807, 2.05) is 0 Å². The van der Waals surface area contributed by atoms with Gasteiger partial charge >= 0.3 is 5.97 Å². The van der Waals surface area contributed by atoms with E-state index < -0.39 is 48.1 Å². The van der Waals surface area contributed by atoms with Gasteiger partial charge in [0.1, 0.15) is 0 Å². The van der Waals surface area contributed by atoms with Crippen LogP contribution in [-0.2, 0) is 4.74 Å². The SMILES string of the molecule is [2H]c1c([2H])c([2H])c(C([2H])([2H])[2H])c(C(=O)OC)c1[2H]. The standard InChI is InChI=1S/C9H10O2/c1-7-5-3-4-6-8(7)9(10)11-2/h3-6H,1-2H3/i1D3,3D,4D,5D,6D. The van der Waals surface area contributed by atoms with Gasteiger partial charge in [0, 0.05) is 4.11 Å². The Bertz CT molecular complexity index is 507. The predicted molar refractivity (Wildman–Crippen MR) is 42.5 cm³/mol. The molecule has 2 nitrogen and oxygen atoms in total. The summed E-state index contributed by atoms with van der Waals surface area (Å²) in [6.45, 7) is -2.83. The third-order valence-electron chi connectivity index (χ3n) is 1.08. The second kappa shape index (κ2) is 3.19. The zero-order chi connectivity index (χ0) is 14.2. The first-order chi connectivity index (χ1) is 8.12. The minimum absolute atomic E-state index is 0.650. The fourth-order valence-corrected chi connectivity index (χ4v) is 0.568. The average molecular weight is 157 g/mol. The van der Waals surface area contributed by atoms with E-state index in [0.717, 1.165) is 7.11 Å². The molecule has 1 rings (SSSR count). The summed E-state index contributed by atoms with van der Waals surface area (Å²) in [5.41, 5.74) is -1.37. The van der Waals surface area contributed by atoms with Gasteiger partial charge in [0.15, 0.2) is 0 Å². The molecule has 0 aliphatic rings. The molecule has 1 aromatic rings. The van der Waals surface area contributed by atoms with Crippen molar-refractivity contribution in [3.63, 3.8) is 0 Å². The van der Waals surface area contributed by atoms with Gasteiger partial charge in [-0.05, 0) is 18.5 Å². The normalized spacial score (nSPS) is 19.5. The summed E-state index contributed by atoms with van der Waals surface area (Å²) in [6.07, 6.45) is 0. The molecule has 0 unspecified atom stereocenters. The van der Waals surface area contributed by atoms with Gasteiger partial charge in [-0.25, -0.2) is 4.79 Å². The number of hydrogen-bond acceptors (Lipinski definition) is 2. The van der Waals surface area contributed by atoms with Gasteiger partial charge in [-0.15, -0.1) is 0 Å². The van der Waals surface area contributed by atoms with Crippen LogP contribution < -0.4 is 0 Å². The second-order valence-corrected chi connectivity index (χ2v) is 1.74. The van der Waals surface area contributed by atoms with E-state index in [1.54, 1.807) is 0 Å². The Labute approximate surface area is 75.6 Å². The molecular formula is C9H10O2. The Kier molecular flexibility index (Phi) is 0.762. The number of ether oxygens (including phenoxy) is 1. The molecule has 0 aromatic heterocycles. The first-order valence-corrected chi connectivity index (χ1v) is 2.82. The molecule has 2 heteroatoms. The fourth-order valence-electron chi connectivity index (χ4n) is 0.568. The lowest BCUT2D eigenvalue weighted by Gasteiger charge is -2.00. The van der Waals surface area contributed by atoms with Crippen molar-refractivity contribution in [3.05, 3.63) is 35.3 Å².